The van der Waals surface area contributed by atoms with Crippen molar-refractivity contribution in [3.05, 3.63) is 102 Å². The fourth-order valence-electron chi connectivity index (χ4n) is 4.19. The number of carbonyl (C=O) groups excluding carboxylic acids is 1. The Labute approximate surface area is 246 Å². The van der Waals surface area contributed by atoms with Gasteiger partial charge >= 0.3 is 0 Å². The molecular formula is C30H31N3O7S2. The standard InChI is InChI=1S/C30H31N3O7S2/c1-21-10-16-27(22(2)18-21)32-41(35,36)25-14-11-23(12-15-25)31-30(34)20-33(42(37,38)26-8-6-5-7-9-26)28-19-24(39-3)13-17-29(28)40-4/h5-19,32H,20H2,1-4H3,(H,31,34). The Balaban J connectivity index is 1.58. The predicted molar refractivity (Wildman–Crippen MR) is 162 cm³/mol. The first-order valence-corrected chi connectivity index (χ1v) is 15.7. The second kappa shape index (κ2) is 12.5. The maximum Gasteiger partial charge on any atom is 0.264 e. The zero-order valence-electron chi connectivity index (χ0n) is 23.5. The molecule has 0 heterocycles. The molecule has 1 amide bonds. The summed E-state index contributed by atoms with van der Waals surface area (Å²) in [4.78, 5) is 13.2. The van der Waals surface area contributed by atoms with Gasteiger partial charge in [0.1, 0.15) is 18.0 Å². The largest absolute Gasteiger partial charge is 0.497 e. The first kappa shape index (κ1) is 30.4. The highest BCUT2D eigenvalue weighted by Gasteiger charge is 2.30. The van der Waals surface area contributed by atoms with Crippen molar-refractivity contribution in [1.82, 2.24) is 0 Å². The molecule has 0 fully saturated rings. The van der Waals surface area contributed by atoms with E-state index in [1.807, 2.05) is 26.0 Å². The lowest BCUT2D eigenvalue weighted by molar-refractivity contribution is -0.114. The van der Waals surface area contributed by atoms with Gasteiger partial charge in [-0.25, -0.2) is 16.8 Å². The smallest absolute Gasteiger partial charge is 0.264 e. The van der Waals surface area contributed by atoms with Crippen molar-refractivity contribution >= 4 is 43.0 Å². The van der Waals surface area contributed by atoms with Gasteiger partial charge in [0, 0.05) is 11.8 Å². The first-order chi connectivity index (χ1) is 19.9. The van der Waals surface area contributed by atoms with E-state index in [1.54, 1.807) is 36.4 Å². The fraction of sp³-hybridized carbons (Fsp3) is 0.167. The monoisotopic (exact) mass is 609 g/mol. The lowest BCUT2D eigenvalue weighted by Gasteiger charge is -2.26. The molecule has 0 spiro atoms. The van der Waals surface area contributed by atoms with Crippen LogP contribution in [0.4, 0.5) is 17.1 Å². The zero-order chi connectivity index (χ0) is 30.5. The number of hydrogen-bond donors (Lipinski definition) is 2. The van der Waals surface area contributed by atoms with Crippen LogP contribution >= 0.6 is 0 Å². The third-order valence-electron chi connectivity index (χ3n) is 6.35. The topological polar surface area (TPSA) is 131 Å². The van der Waals surface area contributed by atoms with Gasteiger partial charge < -0.3 is 14.8 Å². The predicted octanol–water partition coefficient (Wildman–Crippen LogP) is 4.96. The Hall–Kier alpha value is -4.55. The molecule has 0 saturated carbocycles. The Morgan fingerprint density at radius 3 is 2.10 bits per heavy atom. The van der Waals surface area contributed by atoms with E-state index in [9.17, 15) is 21.6 Å². The molecule has 12 heteroatoms. The average Bonchev–Trinajstić information content (AvgIpc) is 2.97. The fourth-order valence-corrected chi connectivity index (χ4v) is 6.77. The van der Waals surface area contributed by atoms with Crippen molar-refractivity contribution in [3.8, 4) is 11.5 Å². The van der Waals surface area contributed by atoms with Crippen LogP contribution in [0, 0.1) is 13.8 Å². The minimum Gasteiger partial charge on any atom is -0.497 e. The van der Waals surface area contributed by atoms with Crippen molar-refractivity contribution in [3.63, 3.8) is 0 Å². The molecule has 2 N–H and O–H groups in total. The van der Waals surface area contributed by atoms with Gasteiger partial charge in [-0.05, 0) is 74.0 Å². The molecule has 4 aromatic rings. The van der Waals surface area contributed by atoms with Gasteiger partial charge in [0.25, 0.3) is 20.0 Å². The van der Waals surface area contributed by atoms with Crippen molar-refractivity contribution < 1.29 is 31.1 Å². The van der Waals surface area contributed by atoms with Crippen LogP contribution in [0.3, 0.4) is 0 Å². The van der Waals surface area contributed by atoms with E-state index in [0.29, 0.717) is 11.4 Å². The summed E-state index contributed by atoms with van der Waals surface area (Å²) in [5.41, 5.74) is 2.64. The molecule has 42 heavy (non-hydrogen) atoms. The second-order valence-electron chi connectivity index (χ2n) is 9.36. The van der Waals surface area contributed by atoms with Gasteiger partial charge in [0.05, 0.1) is 35.4 Å². The minimum absolute atomic E-state index is 0.00475. The Morgan fingerprint density at radius 2 is 1.48 bits per heavy atom. The Morgan fingerprint density at radius 1 is 0.786 bits per heavy atom. The maximum atomic E-state index is 13.7. The molecule has 0 aliphatic carbocycles. The van der Waals surface area contributed by atoms with E-state index in [-0.39, 0.29) is 26.9 Å². The summed E-state index contributed by atoms with van der Waals surface area (Å²) in [5.74, 6) is -0.0805. The molecule has 0 unspecified atom stereocenters. The van der Waals surface area contributed by atoms with Crippen molar-refractivity contribution in [2.24, 2.45) is 0 Å². The number of sulfonamides is 2. The number of nitrogens with one attached hydrogen (secondary N) is 2. The first-order valence-electron chi connectivity index (χ1n) is 12.7. The summed E-state index contributed by atoms with van der Waals surface area (Å²) in [6.07, 6.45) is 0. The van der Waals surface area contributed by atoms with Gasteiger partial charge in [0.15, 0.2) is 0 Å². The number of amides is 1. The number of carbonyl (C=O) groups is 1. The van der Waals surface area contributed by atoms with Gasteiger partial charge in [-0.3, -0.25) is 13.8 Å². The number of nitrogens with zero attached hydrogens (tertiary/aromatic N) is 1. The summed E-state index contributed by atoms with van der Waals surface area (Å²) in [5, 5.41) is 2.64. The van der Waals surface area contributed by atoms with E-state index in [1.165, 1.54) is 56.7 Å². The minimum atomic E-state index is -4.21. The lowest BCUT2D eigenvalue weighted by Crippen LogP contribution is -2.38. The quantitative estimate of drug-likeness (QED) is 0.246. The van der Waals surface area contributed by atoms with Crippen molar-refractivity contribution in [2.75, 3.05) is 35.1 Å². The Kier molecular flexibility index (Phi) is 9.08. The van der Waals surface area contributed by atoms with Crippen LogP contribution in [0.15, 0.2) is 101 Å². The number of anilines is 3. The highest BCUT2D eigenvalue weighted by atomic mass is 32.2. The summed E-state index contributed by atoms with van der Waals surface area (Å²) in [7, 11) is -5.27. The van der Waals surface area contributed by atoms with E-state index in [4.69, 9.17) is 9.47 Å². The van der Waals surface area contributed by atoms with Crippen LogP contribution in [-0.2, 0) is 24.8 Å². The number of hydrogen-bond acceptors (Lipinski definition) is 7. The van der Waals surface area contributed by atoms with Gasteiger partial charge in [0.2, 0.25) is 5.91 Å². The number of benzene rings is 4. The van der Waals surface area contributed by atoms with Gasteiger partial charge in [-0.1, -0.05) is 35.9 Å². The van der Waals surface area contributed by atoms with Crippen LogP contribution in [0.5, 0.6) is 11.5 Å². The summed E-state index contributed by atoms with van der Waals surface area (Å²) in [6, 6.07) is 23.3. The van der Waals surface area contributed by atoms with E-state index in [2.05, 4.69) is 10.0 Å². The molecule has 4 rings (SSSR count). The van der Waals surface area contributed by atoms with Crippen molar-refractivity contribution in [1.29, 1.82) is 0 Å². The highest BCUT2D eigenvalue weighted by Crippen LogP contribution is 2.35. The highest BCUT2D eigenvalue weighted by molar-refractivity contribution is 7.93. The molecule has 0 bridgehead atoms. The number of ether oxygens (including phenoxy) is 2. The lowest BCUT2D eigenvalue weighted by atomic mass is 10.1. The third-order valence-corrected chi connectivity index (χ3v) is 9.50. The normalized spacial score (nSPS) is 11.4. The summed E-state index contributed by atoms with van der Waals surface area (Å²) >= 11 is 0. The zero-order valence-corrected chi connectivity index (χ0v) is 25.1. The van der Waals surface area contributed by atoms with Crippen LogP contribution < -0.4 is 23.8 Å². The molecule has 0 aromatic heterocycles. The van der Waals surface area contributed by atoms with Crippen LogP contribution in [0.25, 0.3) is 0 Å². The van der Waals surface area contributed by atoms with E-state index >= 15 is 0 Å². The van der Waals surface area contributed by atoms with Crippen molar-refractivity contribution in [2.45, 2.75) is 23.6 Å². The molecule has 4 aromatic carbocycles. The molecule has 0 aliphatic rings. The van der Waals surface area contributed by atoms with Crippen LogP contribution in [0.2, 0.25) is 0 Å². The van der Waals surface area contributed by atoms with Crippen LogP contribution in [-0.4, -0.2) is 43.5 Å². The molecule has 10 nitrogen and oxygen atoms in total. The van der Waals surface area contributed by atoms with E-state index in [0.717, 1.165) is 15.4 Å². The van der Waals surface area contributed by atoms with Gasteiger partial charge in [-0.2, -0.15) is 0 Å². The SMILES string of the molecule is COc1ccc(OC)c(N(CC(=O)Nc2ccc(S(=O)(=O)Nc3ccc(C)cc3C)cc2)S(=O)(=O)c2ccccc2)c1. The molecule has 0 atom stereocenters. The third kappa shape index (κ3) is 6.84. The molecule has 220 valence electrons. The summed E-state index contributed by atoms with van der Waals surface area (Å²) < 4.78 is 67.5. The van der Waals surface area contributed by atoms with Crippen LogP contribution in [0.1, 0.15) is 11.1 Å². The molecule has 0 aliphatic heterocycles. The average molecular weight is 610 g/mol. The molecule has 0 radical (unpaired) electrons. The Bertz CT molecular complexity index is 1790. The van der Waals surface area contributed by atoms with Gasteiger partial charge in [-0.15, -0.1) is 0 Å². The maximum absolute atomic E-state index is 13.7. The van der Waals surface area contributed by atoms with E-state index < -0.39 is 32.5 Å². The summed E-state index contributed by atoms with van der Waals surface area (Å²) in [6.45, 7) is 3.13. The number of methoxy groups -OCH3 is 2. The molecule has 0 saturated heterocycles. The number of aryl methyl sites for hydroxylation is 2. The molecular weight excluding hydrogens is 578 g/mol. The second-order valence-corrected chi connectivity index (χ2v) is 12.9. The number of rotatable bonds is 11.